The maximum atomic E-state index is 12.7. The summed E-state index contributed by atoms with van der Waals surface area (Å²) in [6.07, 6.45) is 10.4. The van der Waals surface area contributed by atoms with Crippen LogP contribution in [-0.4, -0.2) is 48.6 Å². The van der Waals surface area contributed by atoms with E-state index in [9.17, 15) is 4.79 Å². The highest BCUT2D eigenvalue weighted by Gasteiger charge is 2.25. The highest BCUT2D eigenvalue weighted by molar-refractivity contribution is 6.34. The van der Waals surface area contributed by atoms with Gasteiger partial charge in [-0.1, -0.05) is 24.6 Å². The molecule has 1 fully saturated rings. The normalized spacial score (nSPS) is 20.7. The fraction of sp³-hybridized carbons (Fsp3) is 0.480. The predicted molar refractivity (Wildman–Crippen MR) is 121 cm³/mol. The highest BCUT2D eigenvalue weighted by atomic mass is 16.5. The van der Waals surface area contributed by atoms with Gasteiger partial charge in [0, 0.05) is 35.7 Å². The summed E-state index contributed by atoms with van der Waals surface area (Å²) in [4.78, 5) is 18.9. The second-order valence-corrected chi connectivity index (χ2v) is 8.65. The molecular formula is C25H31N3O2. The summed E-state index contributed by atoms with van der Waals surface area (Å²) in [5.41, 5.74) is 8.19. The van der Waals surface area contributed by atoms with Crippen LogP contribution in [0, 0.1) is 0 Å². The van der Waals surface area contributed by atoms with E-state index in [2.05, 4.69) is 21.3 Å². The summed E-state index contributed by atoms with van der Waals surface area (Å²) < 4.78 is 5.48. The number of carbonyl (C=O) groups excluding carboxylic acids is 1. The van der Waals surface area contributed by atoms with Gasteiger partial charge in [-0.25, -0.2) is 0 Å². The summed E-state index contributed by atoms with van der Waals surface area (Å²) >= 11 is 0. The topological polar surface area (TPSA) is 57.4 Å². The Balaban J connectivity index is 1.43. The van der Waals surface area contributed by atoms with Crippen molar-refractivity contribution in [2.75, 3.05) is 38.2 Å². The van der Waals surface area contributed by atoms with Gasteiger partial charge in [0.25, 0.3) is 5.91 Å². The molecule has 2 N–H and O–H groups in total. The smallest absolute Gasteiger partial charge is 0.256 e. The number of aromatic amines is 1. The summed E-state index contributed by atoms with van der Waals surface area (Å²) in [6, 6.07) is 7.97. The van der Waals surface area contributed by atoms with E-state index in [1.165, 1.54) is 36.1 Å². The highest BCUT2D eigenvalue weighted by Crippen LogP contribution is 2.35. The van der Waals surface area contributed by atoms with Gasteiger partial charge in [0.1, 0.15) is 0 Å². The Bertz CT molecular complexity index is 953. The first-order chi connectivity index (χ1) is 14.8. The van der Waals surface area contributed by atoms with E-state index in [1.807, 2.05) is 24.3 Å². The Morgan fingerprint density at radius 2 is 1.90 bits per heavy atom. The van der Waals surface area contributed by atoms with Crippen molar-refractivity contribution in [3.63, 3.8) is 0 Å². The first-order valence-electron chi connectivity index (χ1n) is 11.4. The average Bonchev–Trinajstić information content (AvgIpc) is 3.15. The minimum Gasteiger partial charge on any atom is -0.379 e. The summed E-state index contributed by atoms with van der Waals surface area (Å²) in [5.74, 6) is 0.000242. The molecule has 0 radical (unpaired) electrons. The van der Waals surface area contributed by atoms with Crippen molar-refractivity contribution >= 4 is 23.2 Å². The van der Waals surface area contributed by atoms with Crippen LogP contribution < -0.4 is 5.32 Å². The van der Waals surface area contributed by atoms with Gasteiger partial charge >= 0.3 is 0 Å². The third kappa shape index (κ3) is 3.96. The number of carbonyl (C=O) groups is 1. The molecule has 3 heterocycles. The molecule has 5 nitrogen and oxygen atoms in total. The standard InChI is InChI=1S/C25H31N3O2/c29-25-21(20-8-4-5-11-23(20)27-25)17-24-19(9-6-12-28-13-15-30-16-14-28)18-7-2-1-3-10-22(18)26-24/h4-5,8,11,17,26H,1-3,6-7,9-10,12-16H2,(H,27,29)/b21-17-. The van der Waals surface area contributed by atoms with E-state index >= 15 is 0 Å². The van der Waals surface area contributed by atoms with Gasteiger partial charge in [-0.2, -0.15) is 0 Å². The van der Waals surface area contributed by atoms with Crippen LogP contribution in [-0.2, 0) is 28.8 Å². The Labute approximate surface area is 178 Å². The first-order valence-corrected chi connectivity index (χ1v) is 11.4. The number of hydrogen-bond acceptors (Lipinski definition) is 3. The number of nitrogens with one attached hydrogen (secondary N) is 2. The number of ether oxygens (including phenoxy) is 1. The molecule has 0 unspecified atom stereocenters. The largest absolute Gasteiger partial charge is 0.379 e. The van der Waals surface area contributed by atoms with Crippen LogP contribution in [0.1, 0.15) is 53.8 Å². The number of H-pyrrole nitrogens is 1. The number of morpholine rings is 1. The molecule has 1 amide bonds. The Hall–Kier alpha value is -2.37. The van der Waals surface area contributed by atoms with Crippen molar-refractivity contribution in [2.24, 2.45) is 0 Å². The minimum absolute atomic E-state index is 0.000242. The monoisotopic (exact) mass is 405 g/mol. The zero-order valence-corrected chi connectivity index (χ0v) is 17.6. The van der Waals surface area contributed by atoms with Crippen molar-refractivity contribution in [1.29, 1.82) is 0 Å². The molecule has 0 atom stereocenters. The molecule has 0 saturated carbocycles. The maximum Gasteiger partial charge on any atom is 0.256 e. The summed E-state index contributed by atoms with van der Waals surface area (Å²) in [7, 11) is 0. The van der Waals surface area contributed by atoms with Crippen LogP contribution in [0.25, 0.3) is 11.6 Å². The Kier molecular flexibility index (Phi) is 5.73. The molecule has 158 valence electrons. The number of nitrogens with zero attached hydrogens (tertiary/aromatic N) is 1. The fourth-order valence-corrected chi connectivity index (χ4v) is 5.09. The second kappa shape index (κ2) is 8.78. The molecule has 1 aliphatic carbocycles. The fourth-order valence-electron chi connectivity index (χ4n) is 5.09. The maximum absolute atomic E-state index is 12.7. The van der Waals surface area contributed by atoms with Crippen molar-refractivity contribution in [2.45, 2.75) is 44.9 Å². The number of rotatable bonds is 5. The van der Waals surface area contributed by atoms with Crippen LogP contribution in [0.3, 0.4) is 0 Å². The molecule has 30 heavy (non-hydrogen) atoms. The van der Waals surface area contributed by atoms with E-state index in [0.29, 0.717) is 0 Å². The Morgan fingerprint density at radius 1 is 1.07 bits per heavy atom. The lowest BCUT2D eigenvalue weighted by molar-refractivity contribution is -0.110. The van der Waals surface area contributed by atoms with Crippen LogP contribution in [0.4, 0.5) is 5.69 Å². The van der Waals surface area contributed by atoms with Gasteiger partial charge in [0.2, 0.25) is 0 Å². The minimum atomic E-state index is 0.000242. The molecule has 0 spiro atoms. The molecule has 1 aromatic heterocycles. The number of aromatic nitrogens is 1. The zero-order chi connectivity index (χ0) is 20.3. The van der Waals surface area contributed by atoms with Crippen molar-refractivity contribution < 1.29 is 9.53 Å². The zero-order valence-electron chi connectivity index (χ0n) is 17.6. The molecule has 2 aromatic rings. The summed E-state index contributed by atoms with van der Waals surface area (Å²) in [5, 5.41) is 3.01. The number of amides is 1. The molecule has 1 aromatic carbocycles. The van der Waals surface area contributed by atoms with Crippen molar-refractivity contribution in [3.05, 3.63) is 52.3 Å². The van der Waals surface area contributed by atoms with Crippen molar-refractivity contribution in [3.8, 4) is 0 Å². The predicted octanol–water partition coefficient (Wildman–Crippen LogP) is 4.04. The van der Waals surface area contributed by atoms with Gasteiger partial charge in [-0.3, -0.25) is 9.69 Å². The molecule has 5 heteroatoms. The van der Waals surface area contributed by atoms with Gasteiger partial charge in [0.15, 0.2) is 0 Å². The van der Waals surface area contributed by atoms with Gasteiger partial charge < -0.3 is 15.0 Å². The quantitative estimate of drug-likeness (QED) is 0.583. The van der Waals surface area contributed by atoms with Gasteiger partial charge in [0.05, 0.1) is 18.8 Å². The average molecular weight is 406 g/mol. The van der Waals surface area contributed by atoms with Gasteiger partial charge in [-0.15, -0.1) is 0 Å². The second-order valence-electron chi connectivity index (χ2n) is 8.65. The lowest BCUT2D eigenvalue weighted by Crippen LogP contribution is -2.37. The van der Waals surface area contributed by atoms with Crippen LogP contribution in [0.2, 0.25) is 0 Å². The van der Waals surface area contributed by atoms with E-state index in [4.69, 9.17) is 4.74 Å². The molecule has 5 rings (SSSR count). The van der Waals surface area contributed by atoms with E-state index < -0.39 is 0 Å². The molecule has 1 saturated heterocycles. The lowest BCUT2D eigenvalue weighted by atomic mass is 9.98. The summed E-state index contributed by atoms with van der Waals surface area (Å²) in [6.45, 7) is 4.90. The number of fused-ring (bicyclic) bond motifs is 2. The SMILES string of the molecule is O=C1Nc2ccccc2/C1=C/c1[nH]c2c(c1CCCN1CCOCC1)CCCCC2. The lowest BCUT2D eigenvalue weighted by Gasteiger charge is -2.26. The number of para-hydroxylation sites is 1. The van der Waals surface area contributed by atoms with Crippen LogP contribution in [0.15, 0.2) is 24.3 Å². The van der Waals surface area contributed by atoms with E-state index in [0.717, 1.165) is 81.0 Å². The Morgan fingerprint density at radius 3 is 2.80 bits per heavy atom. The molecule has 2 aliphatic heterocycles. The first kappa shape index (κ1) is 19.6. The molecular weight excluding hydrogens is 374 g/mol. The van der Waals surface area contributed by atoms with Gasteiger partial charge in [-0.05, 0) is 68.3 Å². The molecule has 3 aliphatic rings. The van der Waals surface area contributed by atoms with Crippen LogP contribution >= 0.6 is 0 Å². The van der Waals surface area contributed by atoms with E-state index in [-0.39, 0.29) is 5.91 Å². The third-order valence-corrected chi connectivity index (χ3v) is 6.70. The number of benzene rings is 1. The number of aryl methyl sites for hydroxylation is 1. The molecule has 0 bridgehead atoms. The number of hydrogen-bond donors (Lipinski definition) is 2. The third-order valence-electron chi connectivity index (χ3n) is 6.70. The van der Waals surface area contributed by atoms with Crippen LogP contribution in [0.5, 0.6) is 0 Å². The van der Waals surface area contributed by atoms with E-state index in [1.54, 1.807) is 0 Å². The number of anilines is 1. The van der Waals surface area contributed by atoms with Crippen molar-refractivity contribution in [1.82, 2.24) is 9.88 Å².